The van der Waals surface area contributed by atoms with E-state index in [1.807, 2.05) is 0 Å². The molecule has 0 aromatic carbocycles. The van der Waals surface area contributed by atoms with Gasteiger partial charge in [0.1, 0.15) is 6.61 Å². The lowest BCUT2D eigenvalue weighted by Crippen LogP contribution is -2.26. The van der Waals surface area contributed by atoms with Crippen LogP contribution < -0.4 is 0 Å². The van der Waals surface area contributed by atoms with Crippen LogP contribution in [0.2, 0.25) is 0 Å². The van der Waals surface area contributed by atoms with Crippen LogP contribution in [0.3, 0.4) is 0 Å². The van der Waals surface area contributed by atoms with Crippen LogP contribution >= 0.6 is 0 Å². The Hall–Kier alpha value is -1.14. The van der Waals surface area contributed by atoms with E-state index in [0.29, 0.717) is 0 Å². The van der Waals surface area contributed by atoms with Gasteiger partial charge in [-0.3, -0.25) is 0 Å². The molecule has 0 spiro atoms. The van der Waals surface area contributed by atoms with Gasteiger partial charge in [0, 0.05) is 0 Å². The van der Waals surface area contributed by atoms with Crippen LogP contribution in [0, 0.1) is 0 Å². The molecule has 0 bridgehead atoms. The predicted octanol–water partition coefficient (Wildman–Crippen LogP) is -1.47. The minimum atomic E-state index is -1.66. The molecule has 0 saturated heterocycles. The maximum Gasteiger partial charge on any atom is 0.334 e. The van der Waals surface area contributed by atoms with Crippen LogP contribution in [0.25, 0.3) is 0 Å². The van der Waals surface area contributed by atoms with Crippen molar-refractivity contribution in [2.45, 2.75) is 6.10 Å². The molecular formula is C5H8O6. The summed E-state index contributed by atoms with van der Waals surface area (Å²) in [7, 11) is 0. The van der Waals surface area contributed by atoms with Crippen LogP contribution in [-0.4, -0.2) is 46.6 Å². The van der Waals surface area contributed by atoms with Crippen molar-refractivity contribution in [3.63, 3.8) is 0 Å². The van der Waals surface area contributed by atoms with Crippen LogP contribution in [0.15, 0.2) is 0 Å². The van der Waals surface area contributed by atoms with Gasteiger partial charge in [-0.05, 0) is 0 Å². The second-order valence-corrected chi connectivity index (χ2v) is 1.76. The lowest BCUT2D eigenvalue weighted by atomic mass is 10.4. The molecule has 0 fully saturated rings. The van der Waals surface area contributed by atoms with Gasteiger partial charge in [0.15, 0.2) is 6.10 Å². The van der Waals surface area contributed by atoms with Crippen LogP contribution in [0.4, 0.5) is 0 Å². The van der Waals surface area contributed by atoms with E-state index in [-0.39, 0.29) is 0 Å². The SMILES string of the molecule is O=C(O)COCC(O)C(=O)O. The normalized spacial score (nSPS) is 12.5. The summed E-state index contributed by atoms with van der Waals surface area (Å²) in [5.74, 6) is -2.64. The summed E-state index contributed by atoms with van der Waals surface area (Å²) in [4.78, 5) is 19.7. The van der Waals surface area contributed by atoms with E-state index in [1.54, 1.807) is 0 Å². The van der Waals surface area contributed by atoms with Gasteiger partial charge in [0.2, 0.25) is 0 Å². The first kappa shape index (κ1) is 9.86. The third-order valence-corrected chi connectivity index (χ3v) is 0.786. The molecule has 0 saturated carbocycles. The Bertz CT molecular complexity index is 153. The van der Waals surface area contributed by atoms with Crippen molar-refractivity contribution < 1.29 is 29.6 Å². The quantitative estimate of drug-likeness (QED) is 0.458. The largest absolute Gasteiger partial charge is 0.480 e. The molecule has 64 valence electrons. The lowest BCUT2D eigenvalue weighted by molar-refractivity contribution is -0.153. The minimum Gasteiger partial charge on any atom is -0.480 e. The fraction of sp³-hybridized carbons (Fsp3) is 0.600. The maximum absolute atomic E-state index is 9.90. The Balaban J connectivity index is 3.39. The Kier molecular flexibility index (Phi) is 4.16. The second kappa shape index (κ2) is 4.64. The number of carbonyl (C=O) groups is 2. The van der Waals surface area contributed by atoms with Gasteiger partial charge in [-0.15, -0.1) is 0 Å². The first-order valence-corrected chi connectivity index (χ1v) is 2.74. The van der Waals surface area contributed by atoms with Crippen molar-refractivity contribution in [2.75, 3.05) is 13.2 Å². The summed E-state index contributed by atoms with van der Waals surface area (Å²) in [6.07, 6.45) is -1.66. The lowest BCUT2D eigenvalue weighted by Gasteiger charge is -2.03. The van der Waals surface area contributed by atoms with Crippen molar-refractivity contribution in [2.24, 2.45) is 0 Å². The van der Waals surface area contributed by atoms with Gasteiger partial charge in [0.05, 0.1) is 6.61 Å². The summed E-state index contributed by atoms with van der Waals surface area (Å²) in [5, 5.41) is 24.6. The zero-order chi connectivity index (χ0) is 8.85. The van der Waals surface area contributed by atoms with Gasteiger partial charge in [0.25, 0.3) is 0 Å². The third kappa shape index (κ3) is 5.31. The third-order valence-electron chi connectivity index (χ3n) is 0.786. The highest BCUT2D eigenvalue weighted by Crippen LogP contribution is 1.84. The molecule has 6 nitrogen and oxygen atoms in total. The van der Waals surface area contributed by atoms with E-state index in [0.717, 1.165) is 0 Å². The molecule has 0 aliphatic heterocycles. The Morgan fingerprint density at radius 2 is 1.91 bits per heavy atom. The van der Waals surface area contributed by atoms with Gasteiger partial charge in [-0.2, -0.15) is 0 Å². The van der Waals surface area contributed by atoms with Crippen molar-refractivity contribution >= 4 is 11.9 Å². The molecule has 1 atom stereocenters. The first-order valence-electron chi connectivity index (χ1n) is 2.74. The fourth-order valence-corrected chi connectivity index (χ4v) is 0.329. The van der Waals surface area contributed by atoms with Crippen LogP contribution in [-0.2, 0) is 14.3 Å². The number of aliphatic hydroxyl groups is 1. The van der Waals surface area contributed by atoms with Gasteiger partial charge in [-0.1, -0.05) is 0 Å². The molecule has 0 heterocycles. The Morgan fingerprint density at radius 3 is 2.27 bits per heavy atom. The molecule has 0 aromatic rings. The first-order chi connectivity index (χ1) is 5.04. The van der Waals surface area contributed by atoms with Gasteiger partial charge < -0.3 is 20.1 Å². The number of aliphatic carboxylic acids is 2. The molecular weight excluding hydrogens is 156 g/mol. The number of rotatable bonds is 5. The van der Waals surface area contributed by atoms with E-state index in [9.17, 15) is 9.59 Å². The smallest absolute Gasteiger partial charge is 0.334 e. The number of aliphatic hydroxyl groups excluding tert-OH is 1. The predicted molar refractivity (Wildman–Crippen MR) is 32.1 cm³/mol. The summed E-state index contributed by atoms with van der Waals surface area (Å²) in [6, 6.07) is 0. The van der Waals surface area contributed by atoms with Gasteiger partial charge >= 0.3 is 11.9 Å². The molecule has 0 rings (SSSR count). The zero-order valence-corrected chi connectivity index (χ0v) is 5.56. The second-order valence-electron chi connectivity index (χ2n) is 1.76. The molecule has 0 radical (unpaired) electrons. The van der Waals surface area contributed by atoms with E-state index < -0.39 is 31.3 Å². The standard InChI is InChI=1S/C5H8O6/c6-3(5(9)10)1-11-2-4(7)8/h3,6H,1-2H2,(H,7,8)(H,9,10). The molecule has 1 unspecified atom stereocenters. The van der Waals surface area contributed by atoms with E-state index in [1.165, 1.54) is 0 Å². The zero-order valence-electron chi connectivity index (χ0n) is 5.56. The molecule has 3 N–H and O–H groups in total. The minimum absolute atomic E-state index is 0.512. The van der Waals surface area contributed by atoms with Crippen molar-refractivity contribution in [1.29, 1.82) is 0 Å². The van der Waals surface area contributed by atoms with Crippen molar-refractivity contribution in [3.8, 4) is 0 Å². The Labute approximate surface area is 62.0 Å². The highest BCUT2D eigenvalue weighted by Gasteiger charge is 2.13. The molecule has 6 heteroatoms. The average Bonchev–Trinajstić information content (AvgIpc) is 1.86. The summed E-state index contributed by atoms with van der Waals surface area (Å²) in [5.41, 5.74) is 0. The van der Waals surface area contributed by atoms with Crippen LogP contribution in [0.1, 0.15) is 0 Å². The van der Waals surface area contributed by atoms with Crippen molar-refractivity contribution in [3.05, 3.63) is 0 Å². The number of carboxylic acid groups (broad SMARTS) is 2. The summed E-state index contributed by atoms with van der Waals surface area (Å²) in [6.45, 7) is -1.12. The van der Waals surface area contributed by atoms with E-state index in [4.69, 9.17) is 15.3 Å². The highest BCUT2D eigenvalue weighted by molar-refractivity contribution is 5.72. The molecule has 11 heavy (non-hydrogen) atoms. The van der Waals surface area contributed by atoms with E-state index >= 15 is 0 Å². The maximum atomic E-state index is 9.90. The monoisotopic (exact) mass is 164 g/mol. The topological polar surface area (TPSA) is 104 Å². The summed E-state index contributed by atoms with van der Waals surface area (Å²) < 4.78 is 4.29. The van der Waals surface area contributed by atoms with E-state index in [2.05, 4.69) is 4.74 Å². The average molecular weight is 164 g/mol. The molecule has 0 amide bonds. The number of hydrogen-bond acceptors (Lipinski definition) is 4. The number of carboxylic acids is 2. The Morgan fingerprint density at radius 1 is 1.36 bits per heavy atom. The molecule has 0 aliphatic rings. The highest BCUT2D eigenvalue weighted by atomic mass is 16.5. The molecule has 0 aliphatic carbocycles. The fourth-order valence-electron chi connectivity index (χ4n) is 0.329. The van der Waals surface area contributed by atoms with Crippen LogP contribution in [0.5, 0.6) is 0 Å². The van der Waals surface area contributed by atoms with Crippen molar-refractivity contribution in [1.82, 2.24) is 0 Å². The van der Waals surface area contributed by atoms with Gasteiger partial charge in [-0.25, -0.2) is 9.59 Å². The molecule has 0 aromatic heterocycles. The summed E-state index contributed by atoms with van der Waals surface area (Å²) >= 11 is 0. The number of ether oxygens (including phenoxy) is 1. The number of hydrogen-bond donors (Lipinski definition) is 3.